The van der Waals surface area contributed by atoms with Crippen LogP contribution in [0.1, 0.15) is 25.0 Å². The van der Waals surface area contributed by atoms with Crippen LogP contribution in [0.15, 0.2) is 231 Å². The van der Waals surface area contributed by atoms with Crippen LogP contribution in [-0.2, 0) is 5.41 Å². The molecule has 306 valence electrons. The second-order valence-electron chi connectivity index (χ2n) is 18.0. The Hall–Kier alpha value is -8.20. The number of nitrogens with zero attached hydrogens (tertiary/aromatic N) is 2. The second kappa shape index (κ2) is 14.4. The molecule has 0 fully saturated rings. The summed E-state index contributed by atoms with van der Waals surface area (Å²) in [6.07, 6.45) is 0. The van der Waals surface area contributed by atoms with Gasteiger partial charge >= 0.3 is 0 Å². The zero-order chi connectivity index (χ0) is 43.2. The lowest BCUT2D eigenvalue weighted by Gasteiger charge is -2.30. The number of aromatic nitrogens is 1. The molecule has 1 aromatic heterocycles. The van der Waals surface area contributed by atoms with E-state index in [0.29, 0.717) is 0 Å². The first kappa shape index (κ1) is 37.4. The molecule has 1 aliphatic carbocycles. The molecule has 1 heterocycles. The van der Waals surface area contributed by atoms with Gasteiger partial charge in [-0.2, -0.15) is 0 Å². The predicted molar refractivity (Wildman–Crippen MR) is 276 cm³/mol. The van der Waals surface area contributed by atoms with Crippen molar-refractivity contribution in [2.24, 2.45) is 0 Å². The normalized spacial score (nSPS) is 12.9. The summed E-state index contributed by atoms with van der Waals surface area (Å²) in [5.41, 5.74) is 16.8. The van der Waals surface area contributed by atoms with E-state index in [0.717, 1.165) is 22.7 Å². The van der Waals surface area contributed by atoms with Gasteiger partial charge < -0.3 is 9.47 Å². The maximum atomic E-state index is 2.50. The molecule has 0 bridgehead atoms. The Balaban J connectivity index is 1.06. The molecule has 0 unspecified atom stereocenters. The summed E-state index contributed by atoms with van der Waals surface area (Å²) in [6.45, 7) is 4.73. The van der Waals surface area contributed by atoms with E-state index in [4.69, 9.17) is 0 Å². The summed E-state index contributed by atoms with van der Waals surface area (Å²) >= 11 is 0. The van der Waals surface area contributed by atoms with Gasteiger partial charge in [0.15, 0.2) is 0 Å². The number of hydrogen-bond acceptors (Lipinski definition) is 1. The van der Waals surface area contributed by atoms with Crippen molar-refractivity contribution < 1.29 is 0 Å². The van der Waals surface area contributed by atoms with E-state index in [1.165, 1.54) is 98.6 Å². The largest absolute Gasteiger partial charge is 0.310 e. The third kappa shape index (κ3) is 5.67. The highest BCUT2D eigenvalue weighted by molar-refractivity contribution is 6.36. The molecule has 0 atom stereocenters. The zero-order valence-corrected chi connectivity index (χ0v) is 36.3. The molecule has 0 N–H and O–H groups in total. The molecule has 0 aliphatic heterocycles. The lowest BCUT2D eigenvalue weighted by Crippen LogP contribution is -2.17. The maximum absolute atomic E-state index is 2.50. The highest BCUT2D eigenvalue weighted by atomic mass is 15.1. The topological polar surface area (TPSA) is 8.17 Å². The summed E-state index contributed by atoms with van der Waals surface area (Å²) in [4.78, 5) is 2.47. The molecule has 2 heteroatoms. The highest BCUT2D eigenvalue weighted by Crippen LogP contribution is 2.52. The van der Waals surface area contributed by atoms with Crippen molar-refractivity contribution in [3.63, 3.8) is 0 Å². The smallest absolute Gasteiger partial charge is 0.0626 e. The van der Waals surface area contributed by atoms with Gasteiger partial charge in [-0.1, -0.05) is 190 Å². The highest BCUT2D eigenvalue weighted by Gasteiger charge is 2.36. The van der Waals surface area contributed by atoms with Crippen LogP contribution in [0.25, 0.3) is 93.2 Å². The first-order valence-electron chi connectivity index (χ1n) is 22.7. The van der Waals surface area contributed by atoms with Crippen molar-refractivity contribution in [1.82, 2.24) is 4.57 Å². The minimum absolute atomic E-state index is 0.147. The van der Waals surface area contributed by atoms with Crippen molar-refractivity contribution in [1.29, 1.82) is 0 Å². The average Bonchev–Trinajstić information content (AvgIpc) is 3.83. The van der Waals surface area contributed by atoms with E-state index in [1.807, 2.05) is 0 Å². The van der Waals surface area contributed by atoms with Crippen LogP contribution in [-0.4, -0.2) is 4.57 Å². The summed E-state index contributed by atoms with van der Waals surface area (Å²) in [5, 5.41) is 10.2. The molecule has 0 amide bonds. The standard InChI is InChI=1S/C63H44N2/c1-63(2)56-27-15-13-24-50(56)51-37-35-47(40-57(51)63)64(59-38-30-44(41-17-5-3-6-18-41)39-55(59)42-19-7-4-8-20-42)45-31-33-46(34-32-45)65-58-28-16-14-26-54(58)61-60-48-22-10-9-21-43(48)29-36-52(60)49-23-11-12-25-53(49)62(61)65/h3-40H,1-2H3. The van der Waals surface area contributed by atoms with Crippen LogP contribution < -0.4 is 4.90 Å². The molecule has 0 saturated heterocycles. The fourth-order valence-corrected chi connectivity index (χ4v) is 11.1. The number of anilines is 3. The Morgan fingerprint density at radius 2 is 1.00 bits per heavy atom. The van der Waals surface area contributed by atoms with Gasteiger partial charge in [0.2, 0.25) is 0 Å². The minimum atomic E-state index is -0.147. The minimum Gasteiger partial charge on any atom is -0.310 e. The molecular formula is C63H44N2. The molecule has 13 rings (SSSR count). The van der Waals surface area contributed by atoms with E-state index < -0.39 is 0 Å². The SMILES string of the molecule is CC1(C)c2ccccc2-c2ccc(N(c3ccc(-n4c5ccccc5c5c6c7ccccc7ccc6c6ccccc6c54)cc3)c3ccc(-c4ccccc4)cc3-c3ccccc3)cc21. The Morgan fingerprint density at radius 1 is 0.369 bits per heavy atom. The van der Waals surface area contributed by atoms with Crippen molar-refractivity contribution in [3.05, 3.63) is 242 Å². The quantitative estimate of drug-likeness (QED) is 0.152. The van der Waals surface area contributed by atoms with E-state index in [9.17, 15) is 0 Å². The van der Waals surface area contributed by atoms with Gasteiger partial charge in [-0.25, -0.2) is 0 Å². The van der Waals surface area contributed by atoms with Crippen molar-refractivity contribution >= 4 is 71.2 Å². The van der Waals surface area contributed by atoms with Gasteiger partial charge in [0, 0.05) is 49.6 Å². The number of fused-ring (bicyclic) bond motifs is 13. The Labute approximate surface area is 378 Å². The number of hydrogen-bond donors (Lipinski definition) is 0. The van der Waals surface area contributed by atoms with Gasteiger partial charge in [-0.05, 0) is 115 Å². The lowest BCUT2D eigenvalue weighted by molar-refractivity contribution is 0.660. The third-order valence-corrected chi connectivity index (χ3v) is 14.1. The number of para-hydroxylation sites is 1. The second-order valence-corrected chi connectivity index (χ2v) is 18.0. The van der Waals surface area contributed by atoms with Crippen LogP contribution in [0.3, 0.4) is 0 Å². The lowest BCUT2D eigenvalue weighted by atomic mass is 9.82. The van der Waals surface area contributed by atoms with Crippen molar-refractivity contribution in [2.45, 2.75) is 19.3 Å². The first-order valence-corrected chi connectivity index (χ1v) is 22.7. The Kier molecular flexibility index (Phi) is 8.29. The fraction of sp³-hybridized carbons (Fsp3) is 0.0476. The van der Waals surface area contributed by atoms with Crippen molar-refractivity contribution in [2.75, 3.05) is 4.90 Å². The molecule has 1 aliphatic rings. The molecule has 65 heavy (non-hydrogen) atoms. The summed E-state index contributed by atoms with van der Waals surface area (Å²) in [5.74, 6) is 0. The van der Waals surface area contributed by atoms with Gasteiger partial charge in [-0.3, -0.25) is 0 Å². The van der Waals surface area contributed by atoms with Gasteiger partial charge in [-0.15, -0.1) is 0 Å². The number of benzene rings is 11. The molecule has 0 saturated carbocycles. The van der Waals surface area contributed by atoms with Gasteiger partial charge in [0.25, 0.3) is 0 Å². The molecule has 0 radical (unpaired) electrons. The van der Waals surface area contributed by atoms with E-state index in [-0.39, 0.29) is 5.41 Å². The Morgan fingerprint density at radius 3 is 1.80 bits per heavy atom. The van der Waals surface area contributed by atoms with E-state index in [2.05, 4.69) is 254 Å². The zero-order valence-electron chi connectivity index (χ0n) is 36.3. The molecule has 12 aromatic rings. The third-order valence-electron chi connectivity index (χ3n) is 14.1. The molecule has 0 spiro atoms. The van der Waals surface area contributed by atoms with Crippen LogP contribution in [0, 0.1) is 0 Å². The first-order chi connectivity index (χ1) is 32.0. The molecular weight excluding hydrogens is 785 g/mol. The summed E-state index contributed by atoms with van der Waals surface area (Å²) in [6, 6.07) is 85.2. The van der Waals surface area contributed by atoms with Gasteiger partial charge in [0.1, 0.15) is 0 Å². The van der Waals surface area contributed by atoms with Crippen LogP contribution in [0.4, 0.5) is 17.1 Å². The van der Waals surface area contributed by atoms with Crippen LogP contribution >= 0.6 is 0 Å². The Bertz CT molecular complexity index is 3840. The van der Waals surface area contributed by atoms with Crippen LogP contribution in [0.5, 0.6) is 0 Å². The maximum Gasteiger partial charge on any atom is 0.0626 e. The number of rotatable bonds is 6. The summed E-state index contributed by atoms with van der Waals surface area (Å²) in [7, 11) is 0. The van der Waals surface area contributed by atoms with E-state index >= 15 is 0 Å². The monoisotopic (exact) mass is 828 g/mol. The van der Waals surface area contributed by atoms with Gasteiger partial charge in [0.05, 0.1) is 16.7 Å². The predicted octanol–water partition coefficient (Wildman–Crippen LogP) is 17.4. The van der Waals surface area contributed by atoms with E-state index in [1.54, 1.807) is 0 Å². The average molecular weight is 829 g/mol. The van der Waals surface area contributed by atoms with Crippen molar-refractivity contribution in [3.8, 4) is 39.1 Å². The summed E-state index contributed by atoms with van der Waals surface area (Å²) < 4.78 is 2.50. The molecule has 11 aromatic carbocycles. The molecule has 2 nitrogen and oxygen atoms in total. The fourth-order valence-electron chi connectivity index (χ4n) is 11.1. The van der Waals surface area contributed by atoms with Crippen LogP contribution in [0.2, 0.25) is 0 Å².